The molecule has 2 aromatic carbocycles. The van der Waals surface area contributed by atoms with E-state index in [1.54, 1.807) is 30.0 Å². The molecule has 0 fully saturated rings. The van der Waals surface area contributed by atoms with E-state index < -0.39 is 40.4 Å². The number of rotatable bonds is 6. The minimum atomic E-state index is -5.12. The number of carbonyl (C=O) groups excluding carboxylic acids is 1. The molecule has 0 spiro atoms. The number of hydrogen-bond acceptors (Lipinski definition) is 10. The standard InChI is InChI=1S/C29H21F4N7O3S/c1-13(14-6-4-8-36-25(14)35)40-9-10-43-24-20-23(38-28(42-2)39-26(20)40)22(30)19(21(24)29(31,32)33)15-5-3-7-17-18(15)16(11-34)27(44-17)37-12-41/h3-8,12-13H,9-10H2,1-2H3,(H2,35,36)(H,37,41). The third-order valence-electron chi connectivity index (χ3n) is 7.39. The lowest BCUT2D eigenvalue weighted by Gasteiger charge is -2.30. The largest absolute Gasteiger partial charge is 0.490 e. The number of hydrogen-bond donors (Lipinski definition) is 2. The molecule has 0 saturated heterocycles. The van der Waals surface area contributed by atoms with Gasteiger partial charge in [0.05, 0.1) is 30.6 Å². The number of nitrogens with zero attached hydrogens (tertiary/aromatic N) is 5. The molecular weight excluding hydrogens is 602 g/mol. The second-order valence-corrected chi connectivity index (χ2v) is 10.8. The Morgan fingerprint density at radius 3 is 2.73 bits per heavy atom. The summed E-state index contributed by atoms with van der Waals surface area (Å²) in [7, 11) is 1.25. The average molecular weight is 624 g/mol. The topological polar surface area (TPSA) is 139 Å². The van der Waals surface area contributed by atoms with E-state index in [1.165, 1.54) is 25.4 Å². The number of nitrogen functional groups attached to an aromatic ring is 1. The molecule has 44 heavy (non-hydrogen) atoms. The van der Waals surface area contributed by atoms with Crippen LogP contribution in [0.4, 0.5) is 34.2 Å². The number of nitriles is 1. The summed E-state index contributed by atoms with van der Waals surface area (Å²) in [5.74, 6) is -1.81. The number of pyridine rings is 1. The van der Waals surface area contributed by atoms with Crippen molar-refractivity contribution in [2.24, 2.45) is 0 Å². The highest BCUT2D eigenvalue weighted by atomic mass is 32.1. The van der Waals surface area contributed by atoms with Crippen LogP contribution >= 0.6 is 11.3 Å². The summed E-state index contributed by atoms with van der Waals surface area (Å²) in [4.78, 5) is 25.4. The Bertz CT molecular complexity index is 2010. The number of carbonyl (C=O) groups is 1. The van der Waals surface area contributed by atoms with E-state index >= 15 is 17.6 Å². The number of methoxy groups -OCH3 is 1. The van der Waals surface area contributed by atoms with Gasteiger partial charge >= 0.3 is 12.2 Å². The van der Waals surface area contributed by atoms with E-state index in [2.05, 4.69) is 20.3 Å². The highest BCUT2D eigenvalue weighted by molar-refractivity contribution is 7.23. The van der Waals surface area contributed by atoms with Crippen molar-refractivity contribution < 1.29 is 31.8 Å². The zero-order valence-electron chi connectivity index (χ0n) is 23.0. The van der Waals surface area contributed by atoms with E-state index in [0.29, 0.717) is 16.7 Å². The number of benzene rings is 2. The Kier molecular flexibility index (Phi) is 7.08. The van der Waals surface area contributed by atoms with Gasteiger partial charge in [-0.2, -0.15) is 28.4 Å². The smallest absolute Gasteiger partial charge is 0.420 e. The molecule has 5 aromatic rings. The quantitative estimate of drug-likeness (QED) is 0.171. The number of amides is 1. The van der Waals surface area contributed by atoms with Crippen molar-refractivity contribution in [3.8, 4) is 29.0 Å². The molecule has 3 N–H and O–H groups in total. The van der Waals surface area contributed by atoms with Crippen LogP contribution in [0.25, 0.3) is 32.1 Å². The Morgan fingerprint density at radius 1 is 1.25 bits per heavy atom. The van der Waals surface area contributed by atoms with Crippen molar-refractivity contribution >= 4 is 55.4 Å². The van der Waals surface area contributed by atoms with Crippen LogP contribution in [0, 0.1) is 17.1 Å². The predicted octanol–water partition coefficient (Wildman–Crippen LogP) is 6.06. The Morgan fingerprint density at radius 2 is 2.05 bits per heavy atom. The fraction of sp³-hybridized carbons (Fsp3) is 0.207. The zero-order valence-corrected chi connectivity index (χ0v) is 23.8. The van der Waals surface area contributed by atoms with E-state index in [-0.39, 0.29) is 57.7 Å². The lowest BCUT2D eigenvalue weighted by atomic mass is 9.91. The van der Waals surface area contributed by atoms with Crippen LogP contribution in [0.15, 0.2) is 36.5 Å². The summed E-state index contributed by atoms with van der Waals surface area (Å²) < 4.78 is 73.7. The molecule has 1 atom stereocenters. The van der Waals surface area contributed by atoms with Crippen LogP contribution in [0.2, 0.25) is 0 Å². The van der Waals surface area contributed by atoms with Gasteiger partial charge in [-0.05, 0) is 24.6 Å². The molecular formula is C29H21F4N7O3S. The Hall–Kier alpha value is -5.23. The molecule has 4 heterocycles. The van der Waals surface area contributed by atoms with Crippen molar-refractivity contribution in [2.75, 3.05) is 36.2 Å². The first-order valence-electron chi connectivity index (χ1n) is 13.0. The Labute approximate surface area is 250 Å². The molecule has 0 bridgehead atoms. The van der Waals surface area contributed by atoms with Crippen LogP contribution in [0.1, 0.15) is 29.7 Å². The van der Waals surface area contributed by atoms with Crippen molar-refractivity contribution in [3.63, 3.8) is 0 Å². The molecule has 0 radical (unpaired) electrons. The molecule has 10 nitrogen and oxygen atoms in total. The molecule has 1 unspecified atom stereocenters. The SMILES string of the molecule is COc1nc2c3c(c(C(F)(F)F)c(-c4cccc5sc(NC=O)c(C#N)c45)c(F)c3n1)OCCN2C(C)c1cccnc1N. The number of nitrogens with one attached hydrogen (secondary N) is 1. The first kappa shape index (κ1) is 28.9. The van der Waals surface area contributed by atoms with Crippen LogP contribution in [-0.4, -0.2) is 41.6 Å². The van der Waals surface area contributed by atoms with Gasteiger partial charge in [-0.3, -0.25) is 4.79 Å². The first-order chi connectivity index (χ1) is 21.1. The summed E-state index contributed by atoms with van der Waals surface area (Å²) in [6, 6.07) is 8.75. The van der Waals surface area contributed by atoms with Gasteiger partial charge in [0.25, 0.3) is 0 Å². The second kappa shape index (κ2) is 10.8. The maximum absolute atomic E-state index is 16.8. The Balaban J connectivity index is 1.74. The number of thiophene rings is 1. The predicted molar refractivity (Wildman–Crippen MR) is 156 cm³/mol. The molecule has 3 aromatic heterocycles. The molecule has 0 saturated carbocycles. The first-order valence-corrected chi connectivity index (χ1v) is 13.9. The number of aromatic nitrogens is 3. The van der Waals surface area contributed by atoms with Crippen molar-refractivity contribution in [2.45, 2.75) is 19.1 Å². The van der Waals surface area contributed by atoms with Crippen LogP contribution in [-0.2, 0) is 11.0 Å². The number of anilines is 3. The fourth-order valence-corrected chi connectivity index (χ4v) is 6.57. The van der Waals surface area contributed by atoms with E-state index in [4.69, 9.17) is 15.2 Å². The van der Waals surface area contributed by atoms with Gasteiger partial charge in [0.2, 0.25) is 6.41 Å². The van der Waals surface area contributed by atoms with Gasteiger partial charge in [0, 0.05) is 27.4 Å². The summed E-state index contributed by atoms with van der Waals surface area (Å²) in [5.41, 5.74) is 3.63. The van der Waals surface area contributed by atoms with E-state index in [9.17, 15) is 10.1 Å². The maximum atomic E-state index is 16.8. The van der Waals surface area contributed by atoms with Crippen molar-refractivity contribution in [3.05, 3.63) is 59.0 Å². The van der Waals surface area contributed by atoms with Gasteiger partial charge < -0.3 is 25.4 Å². The second-order valence-electron chi connectivity index (χ2n) is 9.70. The number of halogens is 4. The monoisotopic (exact) mass is 623 g/mol. The van der Waals surface area contributed by atoms with Crippen LogP contribution < -0.4 is 25.4 Å². The highest BCUT2D eigenvalue weighted by Gasteiger charge is 2.44. The number of fused-ring (bicyclic) bond motifs is 1. The number of alkyl halides is 3. The summed E-state index contributed by atoms with van der Waals surface area (Å²) in [6.07, 6.45) is -3.27. The minimum Gasteiger partial charge on any atom is -0.490 e. The molecule has 1 aliphatic heterocycles. The molecule has 1 aliphatic rings. The normalized spacial score (nSPS) is 13.7. The highest BCUT2D eigenvalue weighted by Crippen LogP contribution is 2.53. The van der Waals surface area contributed by atoms with Crippen LogP contribution in [0.5, 0.6) is 11.8 Å². The molecule has 1 amide bonds. The summed E-state index contributed by atoms with van der Waals surface area (Å²) >= 11 is 0.973. The third kappa shape index (κ3) is 4.45. The summed E-state index contributed by atoms with van der Waals surface area (Å²) in [6.45, 7) is 1.58. The zero-order chi connectivity index (χ0) is 31.3. The maximum Gasteiger partial charge on any atom is 0.420 e. The van der Waals surface area contributed by atoms with E-state index in [1.807, 2.05) is 6.07 Å². The fourth-order valence-electron chi connectivity index (χ4n) is 5.53. The molecule has 0 aliphatic carbocycles. The average Bonchev–Trinajstić information content (AvgIpc) is 3.25. The lowest BCUT2D eigenvalue weighted by Crippen LogP contribution is -2.31. The third-order valence-corrected chi connectivity index (χ3v) is 8.48. The van der Waals surface area contributed by atoms with E-state index in [0.717, 1.165) is 11.3 Å². The van der Waals surface area contributed by atoms with Gasteiger partial charge in [-0.1, -0.05) is 18.2 Å². The lowest BCUT2D eigenvalue weighted by molar-refractivity contribution is -0.138. The van der Waals surface area contributed by atoms with Crippen LogP contribution in [0.3, 0.4) is 0 Å². The minimum absolute atomic E-state index is 0.0393. The molecule has 15 heteroatoms. The summed E-state index contributed by atoms with van der Waals surface area (Å²) in [5, 5.41) is 12.2. The molecule has 6 rings (SSSR count). The van der Waals surface area contributed by atoms with Gasteiger partial charge in [-0.15, -0.1) is 11.3 Å². The van der Waals surface area contributed by atoms with Gasteiger partial charge in [0.15, 0.2) is 5.82 Å². The van der Waals surface area contributed by atoms with Gasteiger partial charge in [-0.25, -0.2) is 9.37 Å². The van der Waals surface area contributed by atoms with Gasteiger partial charge in [0.1, 0.15) is 46.1 Å². The van der Waals surface area contributed by atoms with Crippen molar-refractivity contribution in [1.82, 2.24) is 15.0 Å². The number of ether oxygens (including phenoxy) is 2. The molecule has 224 valence electrons. The number of nitrogens with two attached hydrogens (primary N) is 1. The van der Waals surface area contributed by atoms with Crippen molar-refractivity contribution in [1.29, 1.82) is 5.26 Å².